The number of ether oxygens (including phenoxy) is 1. The van der Waals surface area contributed by atoms with Crippen molar-refractivity contribution in [1.82, 2.24) is 14.9 Å². The smallest absolute Gasteiger partial charge is 0.252 e. The number of benzene rings is 1. The van der Waals surface area contributed by atoms with Gasteiger partial charge in [0, 0.05) is 18.8 Å². The molecule has 2 aromatic rings. The zero-order valence-corrected chi connectivity index (χ0v) is 14.0. The van der Waals surface area contributed by atoms with Crippen LogP contribution in [0.3, 0.4) is 0 Å². The van der Waals surface area contributed by atoms with E-state index in [9.17, 15) is 9.59 Å². The summed E-state index contributed by atoms with van der Waals surface area (Å²) < 4.78 is 5.52. The Morgan fingerprint density at radius 1 is 1.24 bits per heavy atom. The maximum Gasteiger partial charge on any atom is 0.252 e. The monoisotopic (exact) mass is 342 g/mol. The van der Waals surface area contributed by atoms with E-state index in [1.807, 2.05) is 18.2 Å². The number of aromatic amines is 1. The van der Waals surface area contributed by atoms with Gasteiger partial charge in [-0.15, -0.1) is 0 Å². The third-order valence-electron chi connectivity index (χ3n) is 4.98. The molecule has 2 atom stereocenters. The van der Waals surface area contributed by atoms with E-state index in [-0.39, 0.29) is 17.9 Å². The van der Waals surface area contributed by atoms with Crippen molar-refractivity contribution >= 4 is 28.5 Å². The number of imidazole rings is 1. The number of H-pyrrole nitrogens is 1. The minimum atomic E-state index is -0.428. The molecule has 3 heterocycles. The Morgan fingerprint density at radius 3 is 3.00 bits per heavy atom. The van der Waals surface area contributed by atoms with Crippen molar-refractivity contribution in [2.24, 2.45) is 0 Å². The average molecular weight is 342 g/mol. The topological polar surface area (TPSA) is 87.3 Å². The molecule has 4 rings (SSSR count). The molecule has 0 unspecified atom stereocenters. The minimum Gasteiger partial charge on any atom is -0.368 e. The highest BCUT2D eigenvalue weighted by Gasteiger charge is 2.37. The summed E-state index contributed by atoms with van der Waals surface area (Å²) in [6.07, 6.45) is 5.48. The fraction of sp³-hybridized carbons (Fsp3) is 0.500. The molecular weight excluding hydrogens is 320 g/mol. The van der Waals surface area contributed by atoms with E-state index in [4.69, 9.17) is 4.74 Å². The maximum atomic E-state index is 12.8. The average Bonchev–Trinajstić information content (AvgIpc) is 3.32. The van der Waals surface area contributed by atoms with E-state index in [1.54, 1.807) is 11.2 Å². The van der Waals surface area contributed by atoms with Gasteiger partial charge in [-0.2, -0.15) is 0 Å². The zero-order valence-electron chi connectivity index (χ0n) is 14.0. The fourth-order valence-electron chi connectivity index (χ4n) is 3.66. The predicted octanol–water partition coefficient (Wildman–Crippen LogP) is 2.06. The third kappa shape index (κ3) is 3.24. The van der Waals surface area contributed by atoms with Gasteiger partial charge in [-0.1, -0.05) is 0 Å². The van der Waals surface area contributed by atoms with Gasteiger partial charge in [0.05, 0.1) is 17.4 Å². The van der Waals surface area contributed by atoms with Crippen LogP contribution in [0.1, 0.15) is 32.1 Å². The lowest BCUT2D eigenvalue weighted by Crippen LogP contribution is -2.52. The largest absolute Gasteiger partial charge is 0.368 e. The molecule has 2 saturated heterocycles. The summed E-state index contributed by atoms with van der Waals surface area (Å²) in [6.45, 7) is 1.25. The first-order chi connectivity index (χ1) is 12.2. The number of hydrogen-bond acceptors (Lipinski definition) is 4. The number of amides is 2. The SMILES string of the molecule is O=C(Nc1ccc2nc[nH]c2c1)[C@@H]1CCCCN1C(=O)[C@@H]1CCCO1. The Hall–Kier alpha value is -2.41. The molecule has 7 heteroatoms. The number of likely N-dealkylation sites (tertiary alicyclic amines) is 1. The van der Waals surface area contributed by atoms with E-state index >= 15 is 0 Å². The molecule has 2 aliphatic heterocycles. The molecule has 0 bridgehead atoms. The number of aromatic nitrogens is 2. The van der Waals surface area contributed by atoms with Crippen LogP contribution >= 0.6 is 0 Å². The summed E-state index contributed by atoms with van der Waals surface area (Å²) in [5, 5.41) is 2.95. The van der Waals surface area contributed by atoms with Crippen molar-refractivity contribution in [3.05, 3.63) is 24.5 Å². The van der Waals surface area contributed by atoms with Crippen LogP contribution in [0.25, 0.3) is 11.0 Å². The van der Waals surface area contributed by atoms with Crippen LogP contribution in [-0.2, 0) is 14.3 Å². The Morgan fingerprint density at radius 2 is 2.16 bits per heavy atom. The van der Waals surface area contributed by atoms with Gasteiger partial charge >= 0.3 is 0 Å². The van der Waals surface area contributed by atoms with Crippen LogP contribution in [0.2, 0.25) is 0 Å². The van der Waals surface area contributed by atoms with Gasteiger partial charge in [0.15, 0.2) is 0 Å². The highest BCUT2D eigenvalue weighted by molar-refractivity contribution is 5.99. The van der Waals surface area contributed by atoms with Crippen molar-refractivity contribution in [2.75, 3.05) is 18.5 Å². The second-order valence-electron chi connectivity index (χ2n) is 6.67. The summed E-state index contributed by atoms with van der Waals surface area (Å²) >= 11 is 0. The lowest BCUT2D eigenvalue weighted by molar-refractivity contribution is -0.148. The van der Waals surface area contributed by atoms with Crippen molar-refractivity contribution in [2.45, 2.75) is 44.2 Å². The van der Waals surface area contributed by atoms with Crippen LogP contribution in [0.15, 0.2) is 24.5 Å². The van der Waals surface area contributed by atoms with Crippen LogP contribution in [0.4, 0.5) is 5.69 Å². The van der Waals surface area contributed by atoms with Crippen LogP contribution in [0.5, 0.6) is 0 Å². The van der Waals surface area contributed by atoms with Gasteiger partial charge in [-0.25, -0.2) is 4.98 Å². The van der Waals surface area contributed by atoms with Crippen LogP contribution in [-0.4, -0.2) is 52.0 Å². The van der Waals surface area contributed by atoms with E-state index in [1.165, 1.54) is 0 Å². The summed E-state index contributed by atoms with van der Waals surface area (Å²) in [4.78, 5) is 34.4. The van der Waals surface area contributed by atoms with Crippen molar-refractivity contribution in [3.8, 4) is 0 Å². The highest BCUT2D eigenvalue weighted by atomic mass is 16.5. The number of rotatable bonds is 3. The van der Waals surface area contributed by atoms with Crippen molar-refractivity contribution in [1.29, 1.82) is 0 Å². The number of piperidine rings is 1. The van der Waals surface area contributed by atoms with E-state index in [0.29, 0.717) is 25.3 Å². The molecule has 2 fully saturated rings. The summed E-state index contributed by atoms with van der Waals surface area (Å²) in [6, 6.07) is 5.12. The van der Waals surface area contributed by atoms with Gasteiger partial charge in [0.25, 0.3) is 5.91 Å². The first kappa shape index (κ1) is 16.1. The molecule has 0 spiro atoms. The number of carbonyl (C=O) groups excluding carboxylic acids is 2. The molecule has 1 aromatic heterocycles. The number of hydrogen-bond donors (Lipinski definition) is 2. The number of anilines is 1. The molecule has 2 N–H and O–H groups in total. The third-order valence-corrected chi connectivity index (χ3v) is 4.98. The van der Waals surface area contributed by atoms with Crippen molar-refractivity contribution in [3.63, 3.8) is 0 Å². The van der Waals surface area contributed by atoms with Crippen LogP contribution in [0, 0.1) is 0 Å². The van der Waals surface area contributed by atoms with Gasteiger partial charge in [0.2, 0.25) is 5.91 Å². The normalized spacial score (nSPS) is 23.8. The van der Waals surface area contributed by atoms with Gasteiger partial charge in [-0.3, -0.25) is 9.59 Å². The van der Waals surface area contributed by atoms with Crippen LogP contribution < -0.4 is 5.32 Å². The second-order valence-corrected chi connectivity index (χ2v) is 6.67. The number of carbonyl (C=O) groups is 2. The molecule has 7 nitrogen and oxygen atoms in total. The predicted molar refractivity (Wildman–Crippen MR) is 93.0 cm³/mol. The minimum absolute atomic E-state index is 0.0404. The molecule has 25 heavy (non-hydrogen) atoms. The van der Waals surface area contributed by atoms with Crippen molar-refractivity contribution < 1.29 is 14.3 Å². The van der Waals surface area contributed by atoms with Gasteiger partial charge in [-0.05, 0) is 50.3 Å². The second kappa shape index (κ2) is 6.84. The maximum absolute atomic E-state index is 12.8. The molecule has 2 amide bonds. The number of fused-ring (bicyclic) bond motifs is 1. The fourth-order valence-corrected chi connectivity index (χ4v) is 3.66. The molecule has 0 radical (unpaired) electrons. The summed E-state index contributed by atoms with van der Waals surface area (Å²) in [5.41, 5.74) is 2.43. The van der Waals surface area contributed by atoms with Gasteiger partial charge in [0.1, 0.15) is 12.1 Å². The standard InChI is InChI=1S/C18H22N4O3/c23-17(21-12-6-7-13-14(10-12)20-11-19-13)15-4-1-2-8-22(15)18(24)16-5-3-9-25-16/h6-7,10-11,15-16H,1-5,8-9H2,(H,19,20)(H,21,23)/t15-,16-/m0/s1. The van der Waals surface area contributed by atoms with E-state index < -0.39 is 6.04 Å². The molecule has 1 aromatic carbocycles. The lowest BCUT2D eigenvalue weighted by Gasteiger charge is -2.36. The van der Waals surface area contributed by atoms with E-state index in [2.05, 4.69) is 15.3 Å². The lowest BCUT2D eigenvalue weighted by atomic mass is 10.00. The molecule has 0 saturated carbocycles. The van der Waals surface area contributed by atoms with Gasteiger partial charge < -0.3 is 19.9 Å². The highest BCUT2D eigenvalue weighted by Crippen LogP contribution is 2.24. The Labute approximate surface area is 145 Å². The Kier molecular flexibility index (Phi) is 4.40. The zero-order chi connectivity index (χ0) is 17.2. The number of nitrogens with one attached hydrogen (secondary N) is 2. The quantitative estimate of drug-likeness (QED) is 0.894. The number of nitrogens with zero attached hydrogens (tertiary/aromatic N) is 2. The molecule has 2 aliphatic rings. The first-order valence-corrected chi connectivity index (χ1v) is 8.88. The summed E-state index contributed by atoms with van der Waals surface area (Å²) in [7, 11) is 0. The first-order valence-electron chi connectivity index (χ1n) is 8.88. The molecule has 0 aliphatic carbocycles. The summed E-state index contributed by atoms with van der Waals surface area (Å²) in [5.74, 6) is -0.175. The molecule has 132 valence electrons. The molecular formula is C18H22N4O3. The Bertz CT molecular complexity index is 781. The van der Waals surface area contributed by atoms with E-state index in [0.717, 1.165) is 36.7 Å². The Balaban J connectivity index is 1.49.